The molecule has 1 aliphatic heterocycles. The fourth-order valence-corrected chi connectivity index (χ4v) is 5.56. The van der Waals surface area contributed by atoms with Gasteiger partial charge >= 0.3 is 0 Å². The Morgan fingerprint density at radius 3 is 2.60 bits per heavy atom. The molecule has 4 rings (SSSR count). The highest BCUT2D eigenvalue weighted by Crippen LogP contribution is 2.29. The monoisotopic (exact) mass is 477 g/mol. The van der Waals surface area contributed by atoms with Crippen molar-refractivity contribution in [2.75, 3.05) is 32.7 Å². The van der Waals surface area contributed by atoms with Crippen LogP contribution in [0.1, 0.15) is 54.4 Å². The summed E-state index contributed by atoms with van der Waals surface area (Å²) >= 11 is 0. The number of carbonyl (C=O) groups excluding carboxylic acids is 2. The second-order valence-electron chi connectivity index (χ2n) is 9.92. The highest BCUT2D eigenvalue weighted by atomic mass is 16.2. The van der Waals surface area contributed by atoms with Crippen LogP contribution in [-0.4, -0.2) is 71.4 Å². The zero-order chi connectivity index (χ0) is 24.5. The van der Waals surface area contributed by atoms with Crippen molar-refractivity contribution < 1.29 is 9.59 Å². The lowest BCUT2D eigenvalue weighted by molar-refractivity contribution is -0.124. The number of rotatable bonds is 10. The molecule has 2 unspecified atom stereocenters. The van der Waals surface area contributed by atoms with Gasteiger partial charge in [0, 0.05) is 51.2 Å². The van der Waals surface area contributed by atoms with E-state index in [-0.39, 0.29) is 17.9 Å². The SMILES string of the molecule is NCCNC(=O)C1CC(N(CCc2ccccc2)CC2CCCCC2)CN1C(=O)c1cccnc1. The van der Waals surface area contributed by atoms with E-state index in [1.165, 1.54) is 37.7 Å². The second-order valence-corrected chi connectivity index (χ2v) is 9.92. The van der Waals surface area contributed by atoms with Crippen LogP contribution in [-0.2, 0) is 11.2 Å². The van der Waals surface area contributed by atoms with Crippen LogP contribution in [0.5, 0.6) is 0 Å². The van der Waals surface area contributed by atoms with Crippen molar-refractivity contribution in [1.29, 1.82) is 0 Å². The van der Waals surface area contributed by atoms with Crippen molar-refractivity contribution in [3.63, 3.8) is 0 Å². The first kappa shape index (κ1) is 25.3. The molecule has 2 aromatic rings. The molecular formula is C28H39N5O2. The Hall–Kier alpha value is -2.77. The first-order valence-electron chi connectivity index (χ1n) is 13.1. The highest BCUT2D eigenvalue weighted by molar-refractivity contribution is 5.97. The predicted octanol–water partition coefficient (Wildman–Crippen LogP) is 2.86. The summed E-state index contributed by atoms with van der Waals surface area (Å²) in [5.41, 5.74) is 7.46. The minimum atomic E-state index is -0.496. The number of hydrogen-bond acceptors (Lipinski definition) is 5. The molecule has 0 spiro atoms. The second kappa shape index (κ2) is 12.8. The molecule has 2 atom stereocenters. The van der Waals surface area contributed by atoms with Gasteiger partial charge in [-0.05, 0) is 49.3 Å². The van der Waals surface area contributed by atoms with Gasteiger partial charge in [-0.2, -0.15) is 0 Å². The maximum Gasteiger partial charge on any atom is 0.256 e. The third-order valence-electron chi connectivity index (χ3n) is 7.46. The summed E-state index contributed by atoms with van der Waals surface area (Å²) in [5.74, 6) is 0.442. The van der Waals surface area contributed by atoms with E-state index in [2.05, 4.69) is 39.5 Å². The summed E-state index contributed by atoms with van der Waals surface area (Å²) in [6.07, 6.45) is 11.3. The van der Waals surface area contributed by atoms with Gasteiger partial charge in [0.2, 0.25) is 5.91 Å². The van der Waals surface area contributed by atoms with Crippen molar-refractivity contribution in [2.24, 2.45) is 11.7 Å². The van der Waals surface area contributed by atoms with E-state index in [4.69, 9.17) is 5.73 Å². The lowest BCUT2D eigenvalue weighted by Crippen LogP contribution is -2.47. The molecule has 2 heterocycles. The Kier molecular flexibility index (Phi) is 9.26. The van der Waals surface area contributed by atoms with Crippen molar-refractivity contribution in [1.82, 2.24) is 20.1 Å². The largest absolute Gasteiger partial charge is 0.353 e. The number of aromatic nitrogens is 1. The molecule has 1 aromatic carbocycles. The van der Waals surface area contributed by atoms with Crippen LogP contribution in [0.3, 0.4) is 0 Å². The smallest absolute Gasteiger partial charge is 0.256 e. The number of carbonyl (C=O) groups is 2. The van der Waals surface area contributed by atoms with Gasteiger partial charge in [-0.3, -0.25) is 19.5 Å². The molecule has 2 aliphatic rings. The molecule has 1 aliphatic carbocycles. The molecule has 7 nitrogen and oxygen atoms in total. The topological polar surface area (TPSA) is 91.6 Å². The van der Waals surface area contributed by atoms with E-state index in [1.54, 1.807) is 29.4 Å². The maximum atomic E-state index is 13.4. The molecule has 0 bridgehead atoms. The number of nitrogens with one attached hydrogen (secondary N) is 1. The van der Waals surface area contributed by atoms with Crippen LogP contribution in [0, 0.1) is 5.92 Å². The molecule has 7 heteroatoms. The summed E-state index contributed by atoms with van der Waals surface area (Å²) in [6.45, 7) is 3.30. The minimum Gasteiger partial charge on any atom is -0.353 e. The van der Waals surface area contributed by atoms with Gasteiger partial charge in [0.1, 0.15) is 6.04 Å². The van der Waals surface area contributed by atoms with E-state index in [1.807, 2.05) is 6.07 Å². The van der Waals surface area contributed by atoms with Crippen molar-refractivity contribution >= 4 is 11.8 Å². The van der Waals surface area contributed by atoms with E-state index in [9.17, 15) is 9.59 Å². The van der Waals surface area contributed by atoms with Gasteiger partial charge < -0.3 is 16.0 Å². The van der Waals surface area contributed by atoms with Crippen LogP contribution in [0.4, 0.5) is 0 Å². The van der Waals surface area contributed by atoms with E-state index >= 15 is 0 Å². The first-order valence-corrected chi connectivity index (χ1v) is 13.1. The zero-order valence-corrected chi connectivity index (χ0v) is 20.6. The lowest BCUT2D eigenvalue weighted by Gasteiger charge is -2.34. The molecule has 0 radical (unpaired) electrons. The fraction of sp³-hybridized carbons (Fsp3) is 0.536. The zero-order valence-electron chi connectivity index (χ0n) is 20.6. The van der Waals surface area contributed by atoms with Gasteiger partial charge in [-0.15, -0.1) is 0 Å². The number of nitrogens with zero attached hydrogens (tertiary/aromatic N) is 3. The molecule has 2 fully saturated rings. The Bertz CT molecular complexity index is 933. The summed E-state index contributed by atoms with van der Waals surface area (Å²) in [7, 11) is 0. The number of likely N-dealkylation sites (tertiary alicyclic amines) is 1. The first-order chi connectivity index (χ1) is 17.2. The molecule has 1 aromatic heterocycles. The Morgan fingerprint density at radius 2 is 1.89 bits per heavy atom. The number of amides is 2. The van der Waals surface area contributed by atoms with Gasteiger partial charge in [0.25, 0.3) is 5.91 Å². The summed E-state index contributed by atoms with van der Waals surface area (Å²) in [6, 6.07) is 13.8. The molecule has 1 saturated carbocycles. The van der Waals surface area contributed by atoms with Crippen molar-refractivity contribution in [3.8, 4) is 0 Å². The van der Waals surface area contributed by atoms with Crippen LogP contribution >= 0.6 is 0 Å². The van der Waals surface area contributed by atoms with Gasteiger partial charge in [-0.1, -0.05) is 49.6 Å². The van der Waals surface area contributed by atoms with E-state index in [0.717, 1.165) is 19.5 Å². The Labute approximate surface area is 209 Å². The lowest BCUT2D eigenvalue weighted by atomic mass is 9.88. The standard InChI is InChI=1S/C28H39N5O2/c29-14-16-31-27(34)26-18-25(21-33(26)28(35)24-12-7-15-30-19-24)32(20-23-10-5-2-6-11-23)17-13-22-8-3-1-4-9-22/h1,3-4,7-9,12,15,19,23,25-26H,2,5-6,10-11,13-14,16-18,20-21,29H2,(H,31,34). The van der Waals surface area contributed by atoms with Crippen LogP contribution in [0.2, 0.25) is 0 Å². The number of pyridine rings is 1. The van der Waals surface area contributed by atoms with Crippen LogP contribution in [0.25, 0.3) is 0 Å². The quantitative estimate of drug-likeness (QED) is 0.549. The third kappa shape index (κ3) is 6.89. The average Bonchev–Trinajstić information content (AvgIpc) is 3.36. The molecule has 2 amide bonds. The van der Waals surface area contributed by atoms with Crippen LogP contribution < -0.4 is 11.1 Å². The van der Waals surface area contributed by atoms with Gasteiger partial charge in [-0.25, -0.2) is 0 Å². The fourth-order valence-electron chi connectivity index (χ4n) is 5.56. The average molecular weight is 478 g/mol. The summed E-state index contributed by atoms with van der Waals surface area (Å²) in [5, 5.41) is 2.92. The van der Waals surface area contributed by atoms with Crippen molar-refractivity contribution in [2.45, 2.75) is 57.0 Å². The Morgan fingerprint density at radius 1 is 1.09 bits per heavy atom. The number of benzene rings is 1. The van der Waals surface area contributed by atoms with Gasteiger partial charge in [0.05, 0.1) is 5.56 Å². The van der Waals surface area contributed by atoms with Crippen molar-refractivity contribution in [3.05, 3.63) is 66.0 Å². The van der Waals surface area contributed by atoms with Crippen LogP contribution in [0.15, 0.2) is 54.9 Å². The number of hydrogen-bond donors (Lipinski definition) is 2. The molecule has 188 valence electrons. The molecule has 3 N–H and O–H groups in total. The van der Waals surface area contributed by atoms with Gasteiger partial charge in [0.15, 0.2) is 0 Å². The molecule has 1 saturated heterocycles. The normalized spacial score (nSPS) is 20.8. The predicted molar refractivity (Wildman–Crippen MR) is 138 cm³/mol. The van der Waals surface area contributed by atoms with E-state index < -0.39 is 6.04 Å². The molecule has 35 heavy (non-hydrogen) atoms. The number of nitrogens with two attached hydrogens (primary N) is 1. The summed E-state index contributed by atoms with van der Waals surface area (Å²) < 4.78 is 0. The van der Waals surface area contributed by atoms with E-state index in [0.29, 0.717) is 37.5 Å². The minimum absolute atomic E-state index is 0.115. The Balaban J connectivity index is 1.53. The summed E-state index contributed by atoms with van der Waals surface area (Å²) in [4.78, 5) is 35.0. The molecular weight excluding hydrogens is 438 g/mol. The third-order valence-corrected chi connectivity index (χ3v) is 7.46. The highest BCUT2D eigenvalue weighted by Gasteiger charge is 2.42. The maximum absolute atomic E-state index is 13.4.